The Hall–Kier alpha value is -0.810. The van der Waals surface area contributed by atoms with E-state index < -0.39 is 5.79 Å². The summed E-state index contributed by atoms with van der Waals surface area (Å²) in [6, 6.07) is 5.46. The topological polar surface area (TPSA) is 47.9 Å². The van der Waals surface area contributed by atoms with E-state index in [-0.39, 0.29) is 13.2 Å². The second-order valence-corrected chi connectivity index (χ2v) is 4.11. The zero-order valence-corrected chi connectivity index (χ0v) is 11.0. The molecule has 0 bridgehead atoms. The molecule has 1 rings (SSSR count). The van der Waals surface area contributed by atoms with Crippen LogP contribution in [0.1, 0.15) is 5.56 Å². The first-order valence-electron chi connectivity index (χ1n) is 5.17. The van der Waals surface area contributed by atoms with Crippen LogP contribution in [0.5, 0.6) is 5.75 Å². The predicted octanol–water partition coefficient (Wildman–Crippen LogP) is 2.01. The molecule has 0 aliphatic rings. The number of benzene rings is 1. The number of aliphatic hydroxyl groups excluding tert-OH is 1. The van der Waals surface area contributed by atoms with E-state index in [0.29, 0.717) is 10.8 Å². The highest BCUT2D eigenvalue weighted by Gasteiger charge is 2.30. The van der Waals surface area contributed by atoms with Crippen molar-refractivity contribution in [3.8, 4) is 5.75 Å². The molecule has 0 fully saturated rings. The van der Waals surface area contributed by atoms with Gasteiger partial charge in [-0.2, -0.15) is 0 Å². The van der Waals surface area contributed by atoms with Gasteiger partial charge in [0.25, 0.3) is 0 Å². The second kappa shape index (κ2) is 6.21. The third kappa shape index (κ3) is 3.57. The first-order chi connectivity index (χ1) is 8.06. The largest absolute Gasteiger partial charge is 0.486 e. The van der Waals surface area contributed by atoms with Crippen molar-refractivity contribution in [2.45, 2.75) is 12.7 Å². The summed E-state index contributed by atoms with van der Waals surface area (Å²) in [7, 11) is 2.89. The predicted molar refractivity (Wildman–Crippen MR) is 65.5 cm³/mol. The average molecular weight is 261 g/mol. The van der Waals surface area contributed by atoms with Gasteiger partial charge in [-0.15, -0.1) is 0 Å². The SMILES string of the molecule is COC(CO)(COc1cc(C)ccc1Cl)OC. The fourth-order valence-electron chi connectivity index (χ4n) is 1.28. The molecule has 17 heavy (non-hydrogen) atoms. The van der Waals surface area contributed by atoms with Crippen LogP contribution in [0.4, 0.5) is 0 Å². The lowest BCUT2D eigenvalue weighted by Crippen LogP contribution is -2.43. The summed E-state index contributed by atoms with van der Waals surface area (Å²) in [5.74, 6) is -0.619. The van der Waals surface area contributed by atoms with Gasteiger partial charge in [0.2, 0.25) is 5.79 Å². The van der Waals surface area contributed by atoms with E-state index in [9.17, 15) is 5.11 Å². The molecule has 1 aromatic rings. The van der Waals surface area contributed by atoms with Gasteiger partial charge in [-0.1, -0.05) is 17.7 Å². The minimum Gasteiger partial charge on any atom is -0.486 e. The van der Waals surface area contributed by atoms with Crippen molar-refractivity contribution >= 4 is 11.6 Å². The van der Waals surface area contributed by atoms with Crippen molar-refractivity contribution in [3.05, 3.63) is 28.8 Å². The molecule has 0 saturated heterocycles. The molecule has 0 heterocycles. The van der Waals surface area contributed by atoms with Crippen molar-refractivity contribution in [2.24, 2.45) is 0 Å². The molecule has 0 amide bonds. The Morgan fingerprint density at radius 2 is 1.94 bits per heavy atom. The van der Waals surface area contributed by atoms with Gasteiger partial charge in [-0.25, -0.2) is 0 Å². The Bertz CT molecular complexity index is 355. The van der Waals surface area contributed by atoms with E-state index in [1.165, 1.54) is 14.2 Å². The monoisotopic (exact) mass is 260 g/mol. The molecule has 0 aromatic heterocycles. The molecular weight excluding hydrogens is 244 g/mol. The number of hydrogen-bond acceptors (Lipinski definition) is 4. The highest BCUT2D eigenvalue weighted by atomic mass is 35.5. The summed E-state index contributed by atoms with van der Waals surface area (Å²) in [6.45, 7) is 1.69. The summed E-state index contributed by atoms with van der Waals surface area (Å²) in [4.78, 5) is 0. The molecule has 0 aliphatic carbocycles. The first-order valence-corrected chi connectivity index (χ1v) is 5.55. The summed E-state index contributed by atoms with van der Waals surface area (Å²) < 4.78 is 15.7. The lowest BCUT2D eigenvalue weighted by molar-refractivity contribution is -0.240. The summed E-state index contributed by atoms with van der Waals surface area (Å²) in [5.41, 5.74) is 1.04. The Balaban J connectivity index is 2.75. The van der Waals surface area contributed by atoms with Crippen LogP contribution in [-0.4, -0.2) is 38.3 Å². The lowest BCUT2D eigenvalue weighted by Gasteiger charge is -2.28. The number of aryl methyl sites for hydroxylation is 1. The molecule has 0 saturated carbocycles. The maximum Gasteiger partial charge on any atom is 0.226 e. The van der Waals surface area contributed by atoms with E-state index in [0.717, 1.165) is 5.56 Å². The fraction of sp³-hybridized carbons (Fsp3) is 0.500. The van der Waals surface area contributed by atoms with Crippen LogP contribution in [0.25, 0.3) is 0 Å². The van der Waals surface area contributed by atoms with Crippen LogP contribution in [0.2, 0.25) is 5.02 Å². The van der Waals surface area contributed by atoms with Crippen LogP contribution in [-0.2, 0) is 9.47 Å². The number of ether oxygens (including phenoxy) is 3. The van der Waals surface area contributed by atoms with Crippen molar-refractivity contribution in [2.75, 3.05) is 27.4 Å². The van der Waals surface area contributed by atoms with Gasteiger partial charge in [0, 0.05) is 14.2 Å². The summed E-state index contributed by atoms with van der Waals surface area (Å²) in [5, 5.41) is 9.72. The molecule has 0 aliphatic heterocycles. The third-order valence-electron chi connectivity index (χ3n) is 2.52. The van der Waals surface area contributed by atoms with E-state index >= 15 is 0 Å². The lowest BCUT2D eigenvalue weighted by atomic mass is 10.2. The van der Waals surface area contributed by atoms with Gasteiger partial charge in [0.1, 0.15) is 19.0 Å². The zero-order chi connectivity index (χ0) is 12.9. The van der Waals surface area contributed by atoms with E-state index in [2.05, 4.69) is 0 Å². The van der Waals surface area contributed by atoms with Crippen molar-refractivity contribution in [1.29, 1.82) is 0 Å². The Kier molecular flexibility index (Phi) is 5.21. The number of rotatable bonds is 6. The van der Waals surface area contributed by atoms with E-state index in [4.69, 9.17) is 25.8 Å². The van der Waals surface area contributed by atoms with Crippen molar-refractivity contribution in [1.82, 2.24) is 0 Å². The van der Waals surface area contributed by atoms with Gasteiger partial charge in [-0.3, -0.25) is 0 Å². The highest BCUT2D eigenvalue weighted by molar-refractivity contribution is 6.32. The standard InChI is InChI=1S/C12H17ClO4/c1-9-4-5-10(13)11(6-9)17-8-12(7-14,15-2)16-3/h4-6,14H,7-8H2,1-3H3. The minimum absolute atomic E-state index is 0.0552. The van der Waals surface area contributed by atoms with Gasteiger partial charge >= 0.3 is 0 Å². The van der Waals surface area contributed by atoms with Crippen LogP contribution in [0, 0.1) is 6.92 Å². The molecule has 4 nitrogen and oxygen atoms in total. The van der Waals surface area contributed by atoms with Crippen LogP contribution < -0.4 is 4.74 Å². The summed E-state index contributed by atoms with van der Waals surface area (Å²) in [6.07, 6.45) is 0. The van der Waals surface area contributed by atoms with E-state index in [1.54, 1.807) is 6.07 Å². The molecule has 1 aromatic carbocycles. The maximum absolute atomic E-state index is 9.22. The number of hydrogen-bond donors (Lipinski definition) is 1. The molecule has 0 unspecified atom stereocenters. The van der Waals surface area contributed by atoms with Crippen LogP contribution in [0.3, 0.4) is 0 Å². The van der Waals surface area contributed by atoms with Crippen molar-refractivity contribution in [3.63, 3.8) is 0 Å². The minimum atomic E-state index is -1.16. The average Bonchev–Trinajstić information content (AvgIpc) is 2.35. The first kappa shape index (κ1) is 14.3. The van der Waals surface area contributed by atoms with Gasteiger partial charge in [-0.05, 0) is 24.6 Å². The number of aliphatic hydroxyl groups is 1. The van der Waals surface area contributed by atoms with Gasteiger partial charge in [0.15, 0.2) is 0 Å². The molecule has 1 N–H and O–H groups in total. The maximum atomic E-state index is 9.22. The molecule has 0 spiro atoms. The number of halogens is 1. The smallest absolute Gasteiger partial charge is 0.226 e. The van der Waals surface area contributed by atoms with Gasteiger partial charge < -0.3 is 19.3 Å². The Morgan fingerprint density at radius 3 is 2.47 bits per heavy atom. The highest BCUT2D eigenvalue weighted by Crippen LogP contribution is 2.26. The van der Waals surface area contributed by atoms with E-state index in [1.807, 2.05) is 19.1 Å². The normalized spacial score (nSPS) is 11.6. The van der Waals surface area contributed by atoms with Gasteiger partial charge in [0.05, 0.1) is 5.02 Å². The molecule has 5 heteroatoms. The molecule has 96 valence electrons. The summed E-state index contributed by atoms with van der Waals surface area (Å²) >= 11 is 5.99. The van der Waals surface area contributed by atoms with Crippen LogP contribution >= 0.6 is 11.6 Å². The third-order valence-corrected chi connectivity index (χ3v) is 2.83. The number of methoxy groups -OCH3 is 2. The molecule has 0 atom stereocenters. The molecule has 0 radical (unpaired) electrons. The second-order valence-electron chi connectivity index (χ2n) is 3.70. The Labute approximate surface area is 106 Å². The van der Waals surface area contributed by atoms with Crippen LogP contribution in [0.15, 0.2) is 18.2 Å². The quantitative estimate of drug-likeness (QED) is 0.795. The Morgan fingerprint density at radius 1 is 1.29 bits per heavy atom. The fourth-order valence-corrected chi connectivity index (χ4v) is 1.46. The zero-order valence-electron chi connectivity index (χ0n) is 10.2. The van der Waals surface area contributed by atoms with Crippen molar-refractivity contribution < 1.29 is 19.3 Å². The molecular formula is C12H17ClO4.